The van der Waals surface area contributed by atoms with Gasteiger partial charge >= 0.3 is 0 Å². The summed E-state index contributed by atoms with van der Waals surface area (Å²) in [4.78, 5) is 14.8. The van der Waals surface area contributed by atoms with Crippen LogP contribution in [-0.2, 0) is 0 Å². The largest absolute Gasteiger partial charge is 0.456 e. The van der Waals surface area contributed by atoms with Gasteiger partial charge in [0.05, 0.1) is 0 Å². The Kier molecular flexibility index (Phi) is 5.42. The van der Waals surface area contributed by atoms with Crippen LogP contribution in [-0.4, -0.2) is 15.0 Å². The second-order valence-corrected chi connectivity index (χ2v) is 10.1. The van der Waals surface area contributed by atoms with Gasteiger partial charge in [-0.1, -0.05) is 109 Å². The van der Waals surface area contributed by atoms with Crippen molar-refractivity contribution in [2.45, 2.75) is 0 Å². The lowest BCUT2D eigenvalue weighted by molar-refractivity contribution is 0.669. The Morgan fingerprint density at radius 2 is 0.927 bits per heavy atom. The summed E-state index contributed by atoms with van der Waals surface area (Å²) in [6, 6.07) is 47.6. The first kappa shape index (κ1) is 23.3. The molecule has 6 aromatic carbocycles. The molecular formula is C37H23N3O. The quantitative estimate of drug-likeness (QED) is 0.230. The molecule has 0 fully saturated rings. The summed E-state index contributed by atoms with van der Waals surface area (Å²) in [5.41, 5.74) is 6.77. The van der Waals surface area contributed by atoms with E-state index < -0.39 is 0 Å². The summed E-state index contributed by atoms with van der Waals surface area (Å²) >= 11 is 0. The Morgan fingerprint density at radius 3 is 1.63 bits per heavy atom. The van der Waals surface area contributed by atoms with Crippen LogP contribution >= 0.6 is 0 Å². The minimum Gasteiger partial charge on any atom is -0.456 e. The van der Waals surface area contributed by atoms with Gasteiger partial charge in [0.2, 0.25) is 0 Å². The summed E-state index contributed by atoms with van der Waals surface area (Å²) in [5, 5.41) is 4.52. The predicted molar refractivity (Wildman–Crippen MR) is 166 cm³/mol. The molecular weight excluding hydrogens is 502 g/mol. The van der Waals surface area contributed by atoms with Crippen LogP contribution in [0.5, 0.6) is 0 Å². The van der Waals surface area contributed by atoms with Gasteiger partial charge in [-0.05, 0) is 52.2 Å². The van der Waals surface area contributed by atoms with Crippen molar-refractivity contribution in [3.63, 3.8) is 0 Å². The molecule has 0 saturated carbocycles. The molecule has 0 amide bonds. The SMILES string of the molecule is c1ccc(-c2nc(-c3ccccc3)nc(-c3cc(-c4ccc5c(c4)oc4ccccc45)c4ccccc4c3)n2)cc1. The Bertz CT molecular complexity index is 2140. The lowest BCUT2D eigenvalue weighted by Crippen LogP contribution is -2.00. The number of furan rings is 1. The Hall–Kier alpha value is -5.61. The zero-order chi connectivity index (χ0) is 27.2. The molecule has 192 valence electrons. The summed E-state index contributed by atoms with van der Waals surface area (Å²) in [5.74, 6) is 1.93. The first-order chi connectivity index (χ1) is 20.3. The van der Waals surface area contributed by atoms with E-state index in [0.29, 0.717) is 17.5 Å². The molecule has 0 aliphatic rings. The number of rotatable bonds is 4. The monoisotopic (exact) mass is 525 g/mol. The van der Waals surface area contributed by atoms with Crippen LogP contribution < -0.4 is 0 Å². The van der Waals surface area contributed by atoms with Crippen LogP contribution in [0.1, 0.15) is 0 Å². The van der Waals surface area contributed by atoms with Crippen LogP contribution in [0.15, 0.2) is 144 Å². The Labute approximate surface area is 236 Å². The van der Waals surface area contributed by atoms with Gasteiger partial charge in [-0.25, -0.2) is 15.0 Å². The first-order valence-electron chi connectivity index (χ1n) is 13.6. The highest BCUT2D eigenvalue weighted by atomic mass is 16.3. The van der Waals surface area contributed by atoms with Crippen molar-refractivity contribution >= 4 is 32.7 Å². The molecule has 0 bridgehead atoms. The van der Waals surface area contributed by atoms with Gasteiger partial charge in [-0.15, -0.1) is 0 Å². The highest BCUT2D eigenvalue weighted by Gasteiger charge is 2.16. The van der Waals surface area contributed by atoms with Crippen LogP contribution in [0.25, 0.3) is 78.0 Å². The molecule has 2 aromatic heterocycles. The third-order valence-corrected chi connectivity index (χ3v) is 7.51. The van der Waals surface area contributed by atoms with E-state index in [-0.39, 0.29) is 0 Å². The van der Waals surface area contributed by atoms with Crippen molar-refractivity contribution in [3.8, 4) is 45.3 Å². The van der Waals surface area contributed by atoms with Gasteiger partial charge in [0.15, 0.2) is 17.5 Å². The molecule has 2 heterocycles. The molecule has 0 saturated heterocycles. The third kappa shape index (κ3) is 4.14. The standard InChI is InChI=1S/C37H23N3O/c1-3-11-24(12-4-1)35-38-36(25-13-5-2-6-14-25)40-37(39-35)28-21-26-15-7-8-16-29(26)32(22-28)27-19-20-31-30-17-9-10-18-33(30)41-34(31)23-27/h1-23H. The molecule has 0 unspecified atom stereocenters. The minimum absolute atomic E-state index is 0.634. The van der Waals surface area contributed by atoms with E-state index in [1.165, 1.54) is 0 Å². The van der Waals surface area contributed by atoms with Crippen molar-refractivity contribution in [1.29, 1.82) is 0 Å². The average molecular weight is 526 g/mol. The summed E-state index contributed by atoms with van der Waals surface area (Å²) in [7, 11) is 0. The average Bonchev–Trinajstić information content (AvgIpc) is 3.43. The highest BCUT2D eigenvalue weighted by Crippen LogP contribution is 2.37. The summed E-state index contributed by atoms with van der Waals surface area (Å²) in [6.07, 6.45) is 0. The zero-order valence-corrected chi connectivity index (χ0v) is 22.0. The van der Waals surface area contributed by atoms with Crippen molar-refractivity contribution in [2.75, 3.05) is 0 Å². The fourth-order valence-corrected chi connectivity index (χ4v) is 5.51. The molecule has 4 heteroatoms. The fraction of sp³-hybridized carbons (Fsp3) is 0. The van der Waals surface area contributed by atoms with Crippen molar-refractivity contribution in [1.82, 2.24) is 15.0 Å². The fourth-order valence-electron chi connectivity index (χ4n) is 5.51. The maximum Gasteiger partial charge on any atom is 0.164 e. The van der Waals surface area contributed by atoms with E-state index in [1.807, 2.05) is 78.9 Å². The van der Waals surface area contributed by atoms with Gasteiger partial charge in [0.25, 0.3) is 0 Å². The topological polar surface area (TPSA) is 51.8 Å². The van der Waals surface area contributed by atoms with Gasteiger partial charge in [0.1, 0.15) is 11.2 Å². The predicted octanol–water partition coefficient (Wildman–Crippen LogP) is 9.59. The third-order valence-electron chi connectivity index (χ3n) is 7.51. The maximum absolute atomic E-state index is 6.24. The number of hydrogen-bond donors (Lipinski definition) is 0. The Balaban J connectivity index is 1.35. The van der Waals surface area contributed by atoms with E-state index in [1.54, 1.807) is 0 Å². The van der Waals surface area contributed by atoms with Crippen LogP contribution in [0.3, 0.4) is 0 Å². The van der Waals surface area contributed by atoms with Crippen molar-refractivity contribution < 1.29 is 4.42 Å². The first-order valence-corrected chi connectivity index (χ1v) is 13.6. The number of para-hydroxylation sites is 1. The molecule has 0 N–H and O–H groups in total. The maximum atomic E-state index is 6.24. The second-order valence-electron chi connectivity index (χ2n) is 10.1. The molecule has 8 aromatic rings. The van der Waals surface area contributed by atoms with Gasteiger partial charge < -0.3 is 4.42 Å². The van der Waals surface area contributed by atoms with Crippen LogP contribution in [0.4, 0.5) is 0 Å². The molecule has 0 aliphatic carbocycles. The van der Waals surface area contributed by atoms with Crippen LogP contribution in [0.2, 0.25) is 0 Å². The number of nitrogens with zero attached hydrogens (tertiary/aromatic N) is 3. The molecule has 41 heavy (non-hydrogen) atoms. The molecule has 0 aliphatic heterocycles. The minimum atomic E-state index is 0.634. The van der Waals surface area contributed by atoms with Gasteiger partial charge in [-0.2, -0.15) is 0 Å². The summed E-state index contributed by atoms with van der Waals surface area (Å²) < 4.78 is 6.24. The van der Waals surface area contributed by atoms with E-state index in [9.17, 15) is 0 Å². The second kappa shape index (κ2) is 9.54. The van der Waals surface area contributed by atoms with E-state index in [2.05, 4.69) is 60.7 Å². The van der Waals surface area contributed by atoms with Gasteiger partial charge in [0, 0.05) is 27.5 Å². The molecule has 0 spiro atoms. The highest BCUT2D eigenvalue weighted by molar-refractivity contribution is 6.07. The van der Waals surface area contributed by atoms with E-state index in [0.717, 1.165) is 60.5 Å². The summed E-state index contributed by atoms with van der Waals surface area (Å²) in [6.45, 7) is 0. The molecule has 8 rings (SSSR count). The van der Waals surface area contributed by atoms with Crippen molar-refractivity contribution in [2.24, 2.45) is 0 Å². The normalized spacial score (nSPS) is 11.4. The zero-order valence-electron chi connectivity index (χ0n) is 22.0. The number of aromatic nitrogens is 3. The van der Waals surface area contributed by atoms with Gasteiger partial charge in [-0.3, -0.25) is 0 Å². The lowest BCUT2D eigenvalue weighted by Gasteiger charge is -2.12. The molecule has 0 atom stereocenters. The lowest BCUT2D eigenvalue weighted by atomic mass is 9.94. The Morgan fingerprint density at radius 1 is 0.366 bits per heavy atom. The van der Waals surface area contributed by atoms with E-state index >= 15 is 0 Å². The number of benzene rings is 6. The van der Waals surface area contributed by atoms with E-state index in [4.69, 9.17) is 19.4 Å². The molecule has 4 nitrogen and oxygen atoms in total. The smallest absolute Gasteiger partial charge is 0.164 e. The number of hydrogen-bond acceptors (Lipinski definition) is 4. The van der Waals surface area contributed by atoms with Crippen LogP contribution in [0, 0.1) is 0 Å². The molecule has 0 radical (unpaired) electrons. The van der Waals surface area contributed by atoms with Crippen molar-refractivity contribution in [3.05, 3.63) is 140 Å². The number of fused-ring (bicyclic) bond motifs is 4.